The number of hydrogen-bond acceptors (Lipinski definition) is 4. The Morgan fingerprint density at radius 3 is 2.69 bits per heavy atom. The van der Waals surface area contributed by atoms with Crippen molar-refractivity contribution in [3.8, 4) is 5.69 Å². The molecule has 7 heteroatoms. The molecule has 1 N–H and O–H groups in total. The number of nitrogens with zero attached hydrogens (tertiary/aromatic N) is 3. The molecule has 160 valence electrons. The van der Waals surface area contributed by atoms with Gasteiger partial charge in [0.05, 0.1) is 16.3 Å². The number of para-hydroxylation sites is 1. The molecule has 0 saturated heterocycles. The van der Waals surface area contributed by atoms with Crippen molar-refractivity contribution in [3.05, 3.63) is 70.7 Å². The molecule has 2 aliphatic rings. The Bertz CT molecular complexity index is 1370. The SMILES string of the molecule is Cc1nn(-c2ccccc2)c2sc(C(=O)Nc3ccc4c(c3)CCN4C(=O)C3CC3)cc12. The largest absolute Gasteiger partial charge is 0.321 e. The molecule has 2 aromatic heterocycles. The molecule has 0 spiro atoms. The van der Waals surface area contributed by atoms with Crippen LogP contribution in [0.2, 0.25) is 0 Å². The maximum Gasteiger partial charge on any atom is 0.265 e. The molecular formula is C25H22N4O2S. The highest BCUT2D eigenvalue weighted by atomic mass is 32.1. The summed E-state index contributed by atoms with van der Waals surface area (Å²) in [6.45, 7) is 2.69. The Hall–Kier alpha value is -3.45. The van der Waals surface area contributed by atoms with E-state index in [9.17, 15) is 9.59 Å². The first kappa shape index (κ1) is 19.3. The van der Waals surface area contributed by atoms with Gasteiger partial charge in [-0.2, -0.15) is 5.10 Å². The fraction of sp³-hybridized carbons (Fsp3) is 0.240. The lowest BCUT2D eigenvalue weighted by Gasteiger charge is -2.17. The Morgan fingerprint density at radius 2 is 1.91 bits per heavy atom. The van der Waals surface area contributed by atoms with Gasteiger partial charge in [-0.15, -0.1) is 11.3 Å². The second-order valence-electron chi connectivity index (χ2n) is 8.47. The zero-order chi connectivity index (χ0) is 21.8. The second-order valence-corrected chi connectivity index (χ2v) is 9.50. The van der Waals surface area contributed by atoms with Gasteiger partial charge in [-0.25, -0.2) is 4.68 Å². The van der Waals surface area contributed by atoms with Crippen molar-refractivity contribution in [1.29, 1.82) is 0 Å². The number of benzene rings is 2. The van der Waals surface area contributed by atoms with E-state index in [1.165, 1.54) is 11.3 Å². The van der Waals surface area contributed by atoms with Crippen LogP contribution in [0.25, 0.3) is 15.9 Å². The zero-order valence-corrected chi connectivity index (χ0v) is 18.5. The summed E-state index contributed by atoms with van der Waals surface area (Å²) in [5, 5.41) is 8.67. The molecular weight excluding hydrogens is 420 g/mol. The number of rotatable bonds is 4. The lowest BCUT2D eigenvalue weighted by atomic mass is 10.1. The minimum absolute atomic E-state index is 0.130. The minimum atomic E-state index is -0.130. The van der Waals surface area contributed by atoms with Crippen molar-refractivity contribution in [3.63, 3.8) is 0 Å². The van der Waals surface area contributed by atoms with Crippen LogP contribution in [0, 0.1) is 12.8 Å². The molecule has 3 heterocycles. The molecule has 6 nitrogen and oxygen atoms in total. The molecule has 2 aromatic carbocycles. The standard InChI is InChI=1S/C25H22N4O2S/c1-15-20-14-22(32-25(20)29(27-15)19-5-3-2-4-6-19)23(30)26-18-9-10-21-17(13-18)11-12-28(21)24(31)16-7-8-16/h2-6,9-10,13-14,16H,7-8,11-12H2,1H3,(H,26,30). The quantitative estimate of drug-likeness (QED) is 0.486. The van der Waals surface area contributed by atoms with E-state index in [1.807, 2.05) is 71.1 Å². The molecule has 0 unspecified atom stereocenters. The van der Waals surface area contributed by atoms with Crippen molar-refractivity contribution in [2.24, 2.45) is 5.92 Å². The number of aryl methyl sites for hydroxylation is 1. The zero-order valence-electron chi connectivity index (χ0n) is 17.7. The summed E-state index contributed by atoms with van der Waals surface area (Å²) in [5.41, 5.74) is 4.73. The highest BCUT2D eigenvalue weighted by Crippen LogP contribution is 2.37. The number of anilines is 2. The first-order chi connectivity index (χ1) is 15.6. The minimum Gasteiger partial charge on any atom is -0.321 e. The topological polar surface area (TPSA) is 67.2 Å². The van der Waals surface area contributed by atoms with Gasteiger partial charge >= 0.3 is 0 Å². The number of carbonyl (C=O) groups excluding carboxylic acids is 2. The molecule has 1 aliphatic carbocycles. The second kappa shape index (κ2) is 7.31. The molecule has 0 atom stereocenters. The molecule has 1 aliphatic heterocycles. The fourth-order valence-electron chi connectivity index (χ4n) is 4.36. The summed E-state index contributed by atoms with van der Waals surface area (Å²) in [4.78, 5) is 29.0. The smallest absolute Gasteiger partial charge is 0.265 e. The van der Waals surface area contributed by atoms with E-state index in [1.54, 1.807) is 0 Å². The average Bonchev–Trinajstić information content (AvgIpc) is 3.30. The van der Waals surface area contributed by atoms with Crippen LogP contribution in [-0.4, -0.2) is 28.1 Å². The molecule has 32 heavy (non-hydrogen) atoms. The number of amides is 2. The number of thiophene rings is 1. The molecule has 6 rings (SSSR count). The van der Waals surface area contributed by atoms with Crippen LogP contribution in [0.5, 0.6) is 0 Å². The monoisotopic (exact) mass is 442 g/mol. The van der Waals surface area contributed by atoms with Gasteiger partial charge in [-0.1, -0.05) is 18.2 Å². The lowest BCUT2D eigenvalue weighted by Crippen LogP contribution is -2.30. The van der Waals surface area contributed by atoms with Crippen molar-refractivity contribution in [1.82, 2.24) is 9.78 Å². The van der Waals surface area contributed by atoms with E-state index >= 15 is 0 Å². The number of nitrogens with one attached hydrogen (secondary N) is 1. The third-order valence-corrected chi connectivity index (χ3v) is 7.30. The molecule has 4 aromatic rings. The van der Waals surface area contributed by atoms with Gasteiger partial charge in [0.1, 0.15) is 4.83 Å². The first-order valence-electron chi connectivity index (χ1n) is 10.9. The van der Waals surface area contributed by atoms with E-state index < -0.39 is 0 Å². The van der Waals surface area contributed by atoms with Crippen molar-refractivity contribution in [2.45, 2.75) is 26.2 Å². The summed E-state index contributed by atoms with van der Waals surface area (Å²) in [6, 6.07) is 17.7. The molecule has 1 fully saturated rings. The summed E-state index contributed by atoms with van der Waals surface area (Å²) in [5.74, 6) is 0.325. The van der Waals surface area contributed by atoms with Gasteiger partial charge in [-0.05, 0) is 68.1 Å². The summed E-state index contributed by atoms with van der Waals surface area (Å²) >= 11 is 1.44. The summed E-state index contributed by atoms with van der Waals surface area (Å²) < 4.78 is 1.90. The van der Waals surface area contributed by atoms with Crippen molar-refractivity contribution < 1.29 is 9.59 Å². The van der Waals surface area contributed by atoms with Gasteiger partial charge in [0.25, 0.3) is 5.91 Å². The Labute approximate surface area is 189 Å². The molecule has 0 radical (unpaired) electrons. The van der Waals surface area contributed by atoms with Gasteiger partial charge in [0.2, 0.25) is 5.91 Å². The highest BCUT2D eigenvalue weighted by molar-refractivity contribution is 7.20. The van der Waals surface area contributed by atoms with Gasteiger partial charge < -0.3 is 10.2 Å². The number of hydrogen-bond donors (Lipinski definition) is 1. The maximum absolute atomic E-state index is 13.0. The Kier molecular flexibility index (Phi) is 4.40. The van der Waals surface area contributed by atoms with E-state index in [0.717, 1.165) is 64.3 Å². The number of carbonyl (C=O) groups is 2. The average molecular weight is 443 g/mol. The fourth-order valence-corrected chi connectivity index (χ4v) is 5.43. The van der Waals surface area contributed by atoms with Crippen LogP contribution in [0.4, 0.5) is 11.4 Å². The summed E-state index contributed by atoms with van der Waals surface area (Å²) in [6.07, 6.45) is 2.84. The normalized spacial score (nSPS) is 15.2. The number of aromatic nitrogens is 2. The van der Waals surface area contributed by atoms with E-state index in [0.29, 0.717) is 4.88 Å². The predicted octanol–water partition coefficient (Wildman–Crippen LogP) is 4.95. The van der Waals surface area contributed by atoms with Gasteiger partial charge in [0, 0.05) is 29.2 Å². The lowest BCUT2D eigenvalue weighted by molar-refractivity contribution is -0.119. The maximum atomic E-state index is 13.0. The van der Waals surface area contributed by atoms with Crippen LogP contribution >= 0.6 is 11.3 Å². The highest BCUT2D eigenvalue weighted by Gasteiger charge is 2.36. The van der Waals surface area contributed by atoms with Crippen LogP contribution in [0.15, 0.2) is 54.6 Å². The van der Waals surface area contributed by atoms with Gasteiger partial charge in [-0.3, -0.25) is 9.59 Å². The molecule has 2 amide bonds. The van der Waals surface area contributed by atoms with E-state index in [4.69, 9.17) is 0 Å². The Balaban J connectivity index is 1.25. The predicted molar refractivity (Wildman–Crippen MR) is 127 cm³/mol. The van der Waals surface area contributed by atoms with E-state index in [-0.39, 0.29) is 17.7 Å². The third kappa shape index (κ3) is 3.20. The van der Waals surface area contributed by atoms with E-state index in [2.05, 4.69) is 10.4 Å². The van der Waals surface area contributed by atoms with Crippen molar-refractivity contribution >= 4 is 44.7 Å². The van der Waals surface area contributed by atoms with Gasteiger partial charge in [0.15, 0.2) is 0 Å². The van der Waals surface area contributed by atoms with Crippen LogP contribution in [0.3, 0.4) is 0 Å². The first-order valence-corrected chi connectivity index (χ1v) is 11.7. The molecule has 1 saturated carbocycles. The summed E-state index contributed by atoms with van der Waals surface area (Å²) in [7, 11) is 0. The Morgan fingerprint density at radius 1 is 1.09 bits per heavy atom. The molecule has 0 bridgehead atoms. The third-order valence-electron chi connectivity index (χ3n) is 6.19. The van der Waals surface area contributed by atoms with Crippen molar-refractivity contribution in [2.75, 3.05) is 16.8 Å². The van der Waals surface area contributed by atoms with Crippen LogP contribution in [0.1, 0.15) is 33.8 Å². The number of fused-ring (bicyclic) bond motifs is 2. The van der Waals surface area contributed by atoms with Crippen LogP contribution < -0.4 is 10.2 Å². The van der Waals surface area contributed by atoms with Crippen LogP contribution in [-0.2, 0) is 11.2 Å².